The second-order valence-corrected chi connectivity index (χ2v) is 4.54. The first kappa shape index (κ1) is 12.7. The van der Waals surface area contributed by atoms with E-state index in [9.17, 15) is 4.79 Å². The number of rotatable bonds is 4. The minimum Gasteiger partial charge on any atom is -0.353 e. The van der Waals surface area contributed by atoms with Crippen molar-refractivity contribution in [3.05, 3.63) is 59.9 Å². The van der Waals surface area contributed by atoms with Crippen molar-refractivity contribution >= 4 is 17.5 Å². The Hall–Kier alpha value is -1.74. The molecule has 1 atom stereocenters. The monoisotopic (exact) mass is 262 g/mol. The molecule has 0 bridgehead atoms. The number of hydrogen-bond acceptors (Lipinski definition) is 1. The molecule has 1 aromatic heterocycles. The van der Waals surface area contributed by atoms with Crippen molar-refractivity contribution in [2.75, 3.05) is 0 Å². The van der Waals surface area contributed by atoms with Crippen LogP contribution in [0.2, 0.25) is 0 Å². The number of carbonyl (C=O) groups is 1. The molecule has 1 aromatic carbocycles. The smallest absolute Gasteiger partial charge is 0.242 e. The first-order valence-electron chi connectivity index (χ1n) is 5.75. The molecule has 1 heterocycles. The van der Waals surface area contributed by atoms with Crippen LogP contribution in [0.4, 0.5) is 0 Å². The summed E-state index contributed by atoms with van der Waals surface area (Å²) in [6.45, 7) is 0.485. The molecule has 3 nitrogen and oxygen atoms in total. The standard InChI is InChI=1S/C14H15ClN2O/c1-17-9-5-8-12(17)10-16-14(18)13(15)11-6-3-2-4-7-11/h2-9,13H,10H2,1H3,(H,16,18). The Bertz CT molecular complexity index is 522. The number of carbonyl (C=O) groups excluding carboxylic acids is 1. The van der Waals surface area contributed by atoms with Gasteiger partial charge in [0.15, 0.2) is 0 Å². The summed E-state index contributed by atoms with van der Waals surface area (Å²) in [7, 11) is 1.94. The molecule has 0 spiro atoms. The first-order chi connectivity index (χ1) is 8.68. The van der Waals surface area contributed by atoms with Crippen LogP contribution < -0.4 is 5.32 Å². The molecule has 4 heteroatoms. The summed E-state index contributed by atoms with van der Waals surface area (Å²) in [5, 5.41) is 2.19. The fourth-order valence-corrected chi connectivity index (χ4v) is 1.94. The maximum atomic E-state index is 11.9. The molecule has 0 saturated carbocycles. The maximum Gasteiger partial charge on any atom is 0.242 e. The van der Waals surface area contributed by atoms with E-state index in [1.54, 1.807) is 0 Å². The fraction of sp³-hybridized carbons (Fsp3) is 0.214. The van der Waals surface area contributed by atoms with Gasteiger partial charge < -0.3 is 9.88 Å². The summed E-state index contributed by atoms with van der Waals surface area (Å²) in [5.74, 6) is -0.177. The molecule has 1 N–H and O–H groups in total. The van der Waals surface area contributed by atoms with Gasteiger partial charge in [-0.1, -0.05) is 30.3 Å². The lowest BCUT2D eigenvalue weighted by atomic mass is 10.1. The molecule has 0 aliphatic rings. The maximum absolute atomic E-state index is 11.9. The molecule has 0 radical (unpaired) electrons. The topological polar surface area (TPSA) is 34.0 Å². The third-order valence-corrected chi connectivity index (χ3v) is 3.27. The third kappa shape index (κ3) is 2.93. The van der Waals surface area contributed by atoms with E-state index >= 15 is 0 Å². The predicted octanol–water partition coefficient (Wildman–Crippen LogP) is 2.62. The highest BCUT2D eigenvalue weighted by Gasteiger charge is 2.16. The number of hydrogen-bond donors (Lipinski definition) is 1. The van der Waals surface area contributed by atoms with Crippen LogP contribution in [0, 0.1) is 0 Å². The van der Waals surface area contributed by atoms with Crippen molar-refractivity contribution in [2.24, 2.45) is 7.05 Å². The van der Waals surface area contributed by atoms with Gasteiger partial charge in [0.25, 0.3) is 0 Å². The molecule has 0 saturated heterocycles. The Balaban J connectivity index is 1.95. The molecule has 1 amide bonds. The van der Waals surface area contributed by atoms with Gasteiger partial charge in [-0.25, -0.2) is 0 Å². The Morgan fingerprint density at radius 1 is 1.28 bits per heavy atom. The molecule has 0 aliphatic heterocycles. The van der Waals surface area contributed by atoms with Crippen molar-refractivity contribution in [3.8, 4) is 0 Å². The van der Waals surface area contributed by atoms with Gasteiger partial charge in [0.1, 0.15) is 5.38 Å². The summed E-state index contributed by atoms with van der Waals surface area (Å²) in [5.41, 5.74) is 1.85. The molecule has 18 heavy (non-hydrogen) atoms. The number of amides is 1. The second kappa shape index (κ2) is 5.74. The van der Waals surface area contributed by atoms with Gasteiger partial charge in [-0.3, -0.25) is 4.79 Å². The van der Waals surface area contributed by atoms with Gasteiger partial charge in [-0.2, -0.15) is 0 Å². The van der Waals surface area contributed by atoms with Crippen LogP contribution in [0.5, 0.6) is 0 Å². The number of nitrogens with one attached hydrogen (secondary N) is 1. The Labute approximate surface area is 111 Å². The van der Waals surface area contributed by atoms with Gasteiger partial charge in [-0.05, 0) is 17.7 Å². The summed E-state index contributed by atoms with van der Waals surface area (Å²) in [6.07, 6.45) is 1.94. The van der Waals surface area contributed by atoms with Crippen molar-refractivity contribution in [1.82, 2.24) is 9.88 Å². The van der Waals surface area contributed by atoms with Crippen LogP contribution >= 0.6 is 11.6 Å². The normalized spacial score (nSPS) is 12.1. The zero-order valence-corrected chi connectivity index (χ0v) is 10.9. The summed E-state index contributed by atoms with van der Waals surface area (Å²) < 4.78 is 1.96. The molecule has 1 unspecified atom stereocenters. The van der Waals surface area contributed by atoms with E-state index in [4.69, 9.17) is 11.6 Å². The van der Waals surface area contributed by atoms with Gasteiger partial charge in [-0.15, -0.1) is 11.6 Å². The van der Waals surface area contributed by atoms with Crippen LogP contribution in [0.1, 0.15) is 16.6 Å². The number of alkyl halides is 1. The van der Waals surface area contributed by atoms with Crippen molar-refractivity contribution < 1.29 is 4.79 Å². The van der Waals surface area contributed by atoms with E-state index in [2.05, 4.69) is 5.32 Å². The van der Waals surface area contributed by atoms with Crippen LogP contribution in [0.25, 0.3) is 0 Å². The highest BCUT2D eigenvalue weighted by atomic mass is 35.5. The van der Waals surface area contributed by atoms with E-state index in [0.29, 0.717) is 6.54 Å². The Morgan fingerprint density at radius 3 is 2.61 bits per heavy atom. The van der Waals surface area contributed by atoms with Gasteiger partial charge in [0, 0.05) is 18.9 Å². The minimum atomic E-state index is -0.647. The van der Waals surface area contributed by atoms with Crippen molar-refractivity contribution in [3.63, 3.8) is 0 Å². The van der Waals surface area contributed by atoms with Crippen molar-refractivity contribution in [1.29, 1.82) is 0 Å². The quantitative estimate of drug-likeness (QED) is 0.845. The van der Waals surface area contributed by atoms with Crippen LogP contribution in [0.3, 0.4) is 0 Å². The zero-order valence-electron chi connectivity index (χ0n) is 10.1. The third-order valence-electron chi connectivity index (χ3n) is 2.82. The number of aromatic nitrogens is 1. The minimum absolute atomic E-state index is 0.177. The molecular formula is C14H15ClN2O. The van der Waals surface area contributed by atoms with Crippen molar-refractivity contribution in [2.45, 2.75) is 11.9 Å². The van der Waals surface area contributed by atoms with E-state index in [0.717, 1.165) is 11.3 Å². The average Bonchev–Trinajstić information content (AvgIpc) is 2.81. The lowest BCUT2D eigenvalue weighted by Crippen LogP contribution is -2.27. The highest BCUT2D eigenvalue weighted by Crippen LogP contribution is 2.19. The van der Waals surface area contributed by atoms with Gasteiger partial charge >= 0.3 is 0 Å². The lowest BCUT2D eigenvalue weighted by molar-refractivity contribution is -0.121. The molecule has 0 fully saturated rings. The Kier molecular flexibility index (Phi) is 4.05. The first-order valence-corrected chi connectivity index (χ1v) is 6.19. The van der Waals surface area contributed by atoms with E-state index < -0.39 is 5.38 Å². The van der Waals surface area contributed by atoms with Gasteiger partial charge in [0.05, 0.1) is 6.54 Å². The molecule has 2 rings (SSSR count). The van der Waals surface area contributed by atoms with Gasteiger partial charge in [0.2, 0.25) is 5.91 Å². The fourth-order valence-electron chi connectivity index (χ4n) is 1.72. The van der Waals surface area contributed by atoms with Crippen LogP contribution in [-0.2, 0) is 18.4 Å². The molecule has 94 valence electrons. The average molecular weight is 263 g/mol. The van der Waals surface area contributed by atoms with Crippen LogP contribution in [0.15, 0.2) is 48.7 Å². The molecule has 2 aromatic rings. The SMILES string of the molecule is Cn1cccc1CNC(=O)C(Cl)c1ccccc1. The highest BCUT2D eigenvalue weighted by molar-refractivity contribution is 6.30. The number of benzene rings is 1. The van der Waals surface area contributed by atoms with E-state index in [-0.39, 0.29) is 5.91 Å². The van der Waals surface area contributed by atoms with Crippen LogP contribution in [-0.4, -0.2) is 10.5 Å². The molecule has 0 aliphatic carbocycles. The molecular weight excluding hydrogens is 248 g/mol. The Morgan fingerprint density at radius 2 is 2.00 bits per heavy atom. The number of nitrogens with zero attached hydrogens (tertiary/aromatic N) is 1. The largest absolute Gasteiger partial charge is 0.353 e. The summed E-state index contributed by atoms with van der Waals surface area (Å²) in [4.78, 5) is 11.9. The van der Waals surface area contributed by atoms with E-state index in [1.165, 1.54) is 0 Å². The van der Waals surface area contributed by atoms with E-state index in [1.807, 2.05) is 60.3 Å². The number of halogens is 1. The number of aryl methyl sites for hydroxylation is 1. The summed E-state index contributed by atoms with van der Waals surface area (Å²) >= 11 is 6.12. The zero-order chi connectivity index (χ0) is 13.0. The lowest BCUT2D eigenvalue weighted by Gasteiger charge is -2.11. The summed E-state index contributed by atoms with van der Waals surface area (Å²) in [6, 6.07) is 13.2. The predicted molar refractivity (Wildman–Crippen MR) is 72.3 cm³/mol. The second-order valence-electron chi connectivity index (χ2n) is 4.10.